The number of aromatic nitrogens is 5. The van der Waals surface area contributed by atoms with Gasteiger partial charge in [-0.25, -0.2) is 0 Å². The molecule has 5 nitrogen and oxygen atoms in total. The predicted molar refractivity (Wildman–Crippen MR) is 398 cm³/mol. The van der Waals surface area contributed by atoms with Gasteiger partial charge in [-0.3, -0.25) is 0 Å². The van der Waals surface area contributed by atoms with Crippen LogP contribution in [0.2, 0.25) is 0 Å². The normalized spacial score (nSPS) is 14.0. The molecule has 0 spiro atoms. The van der Waals surface area contributed by atoms with Crippen LogP contribution in [0.15, 0.2) is 285 Å². The molecule has 1 radical (unpaired) electrons. The van der Waals surface area contributed by atoms with Gasteiger partial charge in [0.15, 0.2) is 0 Å². The molecule has 97 heavy (non-hydrogen) atoms. The van der Waals surface area contributed by atoms with Crippen molar-refractivity contribution in [2.75, 3.05) is 0 Å². The van der Waals surface area contributed by atoms with Crippen molar-refractivity contribution < 1.29 is 20.1 Å². The number of nitrogens with zero attached hydrogens (tertiary/aromatic N) is 5. The molecule has 0 saturated heterocycles. The van der Waals surface area contributed by atoms with Crippen molar-refractivity contribution in [1.29, 1.82) is 0 Å². The molecule has 17 aromatic rings. The van der Waals surface area contributed by atoms with Crippen LogP contribution in [-0.2, 0) is 36.4 Å². The van der Waals surface area contributed by atoms with Crippen LogP contribution < -0.4 is 0 Å². The third-order valence-corrected chi connectivity index (χ3v) is 21.6. The molecule has 5 aromatic heterocycles. The minimum atomic E-state index is -0.172. The Hall–Kier alpha value is -11.0. The van der Waals surface area contributed by atoms with Crippen LogP contribution in [-0.4, -0.2) is 23.7 Å². The van der Waals surface area contributed by atoms with E-state index in [1.54, 1.807) is 0 Å². The number of hydrogen-bond donors (Lipinski definition) is 0. The molecule has 0 atom stereocenters. The maximum atomic E-state index is 4.89. The van der Waals surface area contributed by atoms with Gasteiger partial charge < -0.3 is 23.7 Å². The first-order valence-electron chi connectivity index (χ1n) is 33.4. The van der Waals surface area contributed by atoms with Gasteiger partial charge in [0.05, 0.1) is 50.2 Å². The van der Waals surface area contributed by atoms with Crippen molar-refractivity contribution in [2.45, 2.75) is 57.8 Å². The smallest absolute Gasteiger partial charge is 0.0582 e. The first-order valence-corrected chi connectivity index (χ1v) is 33.4. The molecule has 0 aliphatic carbocycles. The second-order valence-electron chi connectivity index (χ2n) is 27.9. The standard InChI is InChI=1S/C59H42N3.C32H23N2.Ir/c1-58(2)47-21-11-19-45-43-17-5-7-23-52(43)61(56(45)47)54-27-25-39(33-49(54)58)36-13-9-14-37(31-36)41-29-30-60-51(35-41)42-16-10-15-38(32-42)40-26-28-55-50(34-40)59(3,4)48-22-12-20-46-44-18-6-8-24-53(44)62(55)57(46)48;1-32(2)26-12-3-4-15-30(26)34-29-17-16-22(20-25(29)24-11-8-13-27(32)31(24)34)21-9-7-10-23(19-21)28-14-5-6-18-33-28;/h5-15,17-35H,1-4H3;3-9,11-20H,1-2H3;/q2*-1;. The van der Waals surface area contributed by atoms with Crippen molar-refractivity contribution in [1.82, 2.24) is 23.7 Å². The summed E-state index contributed by atoms with van der Waals surface area (Å²) in [5.74, 6) is 0. The molecule has 465 valence electrons. The second kappa shape index (κ2) is 21.8. The Bertz CT molecular complexity index is 5890. The van der Waals surface area contributed by atoms with Crippen molar-refractivity contribution in [3.8, 4) is 84.1 Å². The molecule has 0 saturated carbocycles. The molecule has 0 bridgehead atoms. The molecule has 0 fully saturated rings. The Morgan fingerprint density at radius 1 is 0.268 bits per heavy atom. The largest absolute Gasteiger partial charge is 0.309 e. The van der Waals surface area contributed by atoms with Gasteiger partial charge in [0.1, 0.15) is 0 Å². The quantitative estimate of drug-likeness (QED) is 0.156. The van der Waals surface area contributed by atoms with Gasteiger partial charge in [-0.1, -0.05) is 205 Å². The minimum absolute atomic E-state index is 0. The number of pyridine rings is 2. The molecule has 3 aliphatic rings. The third kappa shape index (κ3) is 8.73. The Balaban J connectivity index is 0.000000165. The minimum Gasteiger partial charge on any atom is -0.309 e. The van der Waals surface area contributed by atoms with Crippen molar-refractivity contribution >= 4 is 65.4 Å². The average Bonchev–Trinajstić information content (AvgIpc) is 1.61. The van der Waals surface area contributed by atoms with Gasteiger partial charge >= 0.3 is 0 Å². The maximum absolute atomic E-state index is 4.89. The van der Waals surface area contributed by atoms with E-state index < -0.39 is 0 Å². The molecule has 20 rings (SSSR count). The number of para-hydroxylation sites is 6. The van der Waals surface area contributed by atoms with Gasteiger partial charge in [-0.2, -0.15) is 0 Å². The SMILES string of the molecule is CC1(C)c2cc(-c3cc[c-]c(-c4cc(-c5cccc(-c6ccc7c(c6)C(C)(C)c6cccc8c9ccccc9n-7c68)c5)ccn4)c3)ccc2-n2c3ccccc3c3cccc1c32.CC1(C)c2ccccc2-n2c3ccc(-c4cc[c-]c(-c5ccccn5)c4)cc3c3cccc1c32.[Ir]. The molecular formula is C91H65IrN5-2. The van der Waals surface area contributed by atoms with Crippen molar-refractivity contribution in [2.24, 2.45) is 0 Å². The van der Waals surface area contributed by atoms with Crippen LogP contribution in [0, 0.1) is 12.1 Å². The van der Waals surface area contributed by atoms with E-state index in [1.165, 1.54) is 144 Å². The van der Waals surface area contributed by atoms with Crippen LogP contribution in [0.25, 0.3) is 150 Å². The Morgan fingerprint density at radius 2 is 0.670 bits per heavy atom. The topological polar surface area (TPSA) is 40.6 Å². The summed E-state index contributed by atoms with van der Waals surface area (Å²) in [6.07, 6.45) is 3.76. The molecule has 3 aliphatic heterocycles. The summed E-state index contributed by atoms with van der Waals surface area (Å²) >= 11 is 0. The Kier molecular flexibility index (Phi) is 13.1. The zero-order valence-corrected chi connectivity index (χ0v) is 57.1. The van der Waals surface area contributed by atoms with E-state index in [2.05, 4.69) is 315 Å². The number of rotatable bonds is 6. The van der Waals surface area contributed by atoms with Gasteiger partial charge in [0, 0.05) is 81.1 Å². The molecule has 0 unspecified atom stereocenters. The van der Waals surface area contributed by atoms with E-state index in [0.717, 1.165) is 39.2 Å². The van der Waals surface area contributed by atoms with Gasteiger partial charge in [-0.05, 0) is 151 Å². The van der Waals surface area contributed by atoms with Crippen molar-refractivity contribution in [3.05, 3.63) is 331 Å². The van der Waals surface area contributed by atoms with Gasteiger partial charge in [0.2, 0.25) is 0 Å². The van der Waals surface area contributed by atoms with Crippen LogP contribution in [0.3, 0.4) is 0 Å². The summed E-state index contributed by atoms with van der Waals surface area (Å²) < 4.78 is 7.42. The van der Waals surface area contributed by atoms with E-state index in [1.807, 2.05) is 42.7 Å². The summed E-state index contributed by atoms with van der Waals surface area (Å²) in [7, 11) is 0. The maximum Gasteiger partial charge on any atom is 0.0582 e. The van der Waals surface area contributed by atoms with Crippen LogP contribution in [0.1, 0.15) is 74.9 Å². The Labute approximate surface area is 578 Å². The molecule has 6 heteroatoms. The van der Waals surface area contributed by atoms with E-state index in [9.17, 15) is 0 Å². The van der Waals surface area contributed by atoms with E-state index in [0.29, 0.717) is 0 Å². The molecular weight excluding hydrogens is 1360 g/mol. The zero-order chi connectivity index (χ0) is 64.3. The fourth-order valence-electron chi connectivity index (χ4n) is 16.7. The summed E-state index contributed by atoms with van der Waals surface area (Å²) in [5, 5.41) is 7.83. The summed E-state index contributed by atoms with van der Waals surface area (Å²) in [4.78, 5) is 9.40. The first kappa shape index (κ1) is 58.6. The number of benzene rings is 12. The summed E-state index contributed by atoms with van der Waals surface area (Å²) in [6, 6.07) is 107. The molecule has 0 amide bonds. The van der Waals surface area contributed by atoms with E-state index >= 15 is 0 Å². The van der Waals surface area contributed by atoms with Gasteiger partial charge in [0.25, 0.3) is 0 Å². The van der Waals surface area contributed by atoms with Crippen LogP contribution in [0.4, 0.5) is 0 Å². The number of hydrogen-bond acceptors (Lipinski definition) is 2. The zero-order valence-electron chi connectivity index (χ0n) is 54.7. The summed E-state index contributed by atoms with van der Waals surface area (Å²) in [5.41, 5.74) is 32.6. The first-order chi connectivity index (χ1) is 46.9. The third-order valence-electron chi connectivity index (χ3n) is 21.6. The van der Waals surface area contributed by atoms with Gasteiger partial charge in [-0.15, -0.1) is 70.8 Å². The average molecular weight is 1420 g/mol. The molecule has 0 N–H and O–H groups in total. The Morgan fingerprint density at radius 3 is 1.24 bits per heavy atom. The number of fused-ring (bicyclic) bond motifs is 15. The van der Waals surface area contributed by atoms with Crippen molar-refractivity contribution in [3.63, 3.8) is 0 Å². The fraction of sp³-hybridized carbons (Fsp3) is 0.0989. The van der Waals surface area contributed by atoms with E-state index in [-0.39, 0.29) is 36.4 Å². The molecule has 8 heterocycles. The monoisotopic (exact) mass is 1420 g/mol. The fourth-order valence-corrected chi connectivity index (χ4v) is 16.7. The van der Waals surface area contributed by atoms with Crippen LogP contribution in [0.5, 0.6) is 0 Å². The second-order valence-corrected chi connectivity index (χ2v) is 27.9. The summed E-state index contributed by atoms with van der Waals surface area (Å²) in [6.45, 7) is 14.2. The van der Waals surface area contributed by atoms with E-state index in [4.69, 9.17) is 4.98 Å². The predicted octanol–water partition coefficient (Wildman–Crippen LogP) is 23.0. The molecule has 12 aromatic carbocycles. The van der Waals surface area contributed by atoms with Crippen LogP contribution >= 0.6 is 0 Å².